The first-order chi connectivity index (χ1) is 17.1. The summed E-state index contributed by atoms with van der Waals surface area (Å²) in [6.07, 6.45) is 3.57. The normalized spacial score (nSPS) is 17.7. The summed E-state index contributed by atoms with van der Waals surface area (Å²) in [5, 5.41) is 6.34. The number of halogens is 2. The molecule has 3 rings (SSSR count). The van der Waals surface area contributed by atoms with Gasteiger partial charge >= 0.3 is 0 Å². The third kappa shape index (κ3) is 8.23. The van der Waals surface area contributed by atoms with Crippen LogP contribution in [0.3, 0.4) is 0 Å². The highest BCUT2D eigenvalue weighted by Gasteiger charge is 2.30. The van der Waals surface area contributed by atoms with Gasteiger partial charge in [-0.15, -0.1) is 0 Å². The van der Waals surface area contributed by atoms with Crippen molar-refractivity contribution < 1.29 is 19.1 Å². The van der Waals surface area contributed by atoms with Gasteiger partial charge in [0.25, 0.3) is 11.8 Å². The fraction of sp³-hybridized carbons (Fsp3) is 0.500. The second kappa shape index (κ2) is 13.5. The van der Waals surface area contributed by atoms with E-state index in [0.717, 1.165) is 34.6 Å². The van der Waals surface area contributed by atoms with E-state index >= 15 is 0 Å². The van der Waals surface area contributed by atoms with Crippen LogP contribution in [0.15, 0.2) is 45.3 Å². The van der Waals surface area contributed by atoms with E-state index in [1.54, 1.807) is 12.1 Å². The lowest BCUT2D eigenvalue weighted by Crippen LogP contribution is -2.53. The first-order valence-corrected chi connectivity index (χ1v) is 14.2. The molecule has 2 aromatic carbocycles. The van der Waals surface area contributed by atoms with Crippen LogP contribution in [-0.2, 0) is 0 Å². The SMILES string of the molecule is CC(C)COc1ccc(Br)cc1C(=O)NC1CCCCC1NC(=O)c1cc(Br)ccc1OCC(C)C. The van der Waals surface area contributed by atoms with E-state index in [1.807, 2.05) is 24.3 Å². The van der Waals surface area contributed by atoms with Crippen LogP contribution in [0.25, 0.3) is 0 Å². The van der Waals surface area contributed by atoms with Gasteiger partial charge in [0.05, 0.1) is 24.3 Å². The highest BCUT2D eigenvalue weighted by Crippen LogP contribution is 2.27. The summed E-state index contributed by atoms with van der Waals surface area (Å²) in [5.41, 5.74) is 0.967. The predicted molar refractivity (Wildman–Crippen MR) is 150 cm³/mol. The maximum atomic E-state index is 13.3. The molecule has 0 spiro atoms. The number of nitrogens with one attached hydrogen (secondary N) is 2. The summed E-state index contributed by atoms with van der Waals surface area (Å²) < 4.78 is 13.4. The summed E-state index contributed by atoms with van der Waals surface area (Å²) in [7, 11) is 0. The second-order valence-electron chi connectivity index (χ2n) is 10.1. The predicted octanol–water partition coefficient (Wildman–Crippen LogP) is 6.75. The minimum atomic E-state index is -0.204. The van der Waals surface area contributed by atoms with Gasteiger partial charge in [0.15, 0.2) is 0 Å². The van der Waals surface area contributed by atoms with Gasteiger partial charge in [-0.05, 0) is 61.1 Å². The van der Waals surface area contributed by atoms with Gasteiger partial charge in [-0.1, -0.05) is 72.4 Å². The van der Waals surface area contributed by atoms with Gasteiger partial charge in [-0.2, -0.15) is 0 Å². The monoisotopic (exact) mass is 622 g/mol. The zero-order valence-electron chi connectivity index (χ0n) is 21.4. The van der Waals surface area contributed by atoms with Gasteiger partial charge in [0.2, 0.25) is 0 Å². The minimum absolute atomic E-state index is 0.181. The van der Waals surface area contributed by atoms with E-state index in [1.165, 1.54) is 0 Å². The first-order valence-electron chi connectivity index (χ1n) is 12.6. The van der Waals surface area contributed by atoms with Gasteiger partial charge in [0, 0.05) is 21.0 Å². The maximum Gasteiger partial charge on any atom is 0.255 e. The third-order valence-electron chi connectivity index (χ3n) is 5.92. The van der Waals surface area contributed by atoms with Crippen molar-refractivity contribution in [2.75, 3.05) is 13.2 Å². The third-order valence-corrected chi connectivity index (χ3v) is 6.90. The number of amides is 2. The molecule has 0 saturated heterocycles. The Kier molecular flexibility index (Phi) is 10.7. The molecule has 6 nitrogen and oxygen atoms in total. The van der Waals surface area contributed by atoms with Crippen LogP contribution < -0.4 is 20.1 Å². The van der Waals surface area contributed by atoms with Crippen molar-refractivity contribution in [2.45, 2.75) is 65.5 Å². The zero-order chi connectivity index (χ0) is 26.2. The number of hydrogen-bond donors (Lipinski definition) is 2. The van der Waals surface area contributed by atoms with Crippen LogP contribution in [0.4, 0.5) is 0 Å². The average Bonchev–Trinajstić information content (AvgIpc) is 2.83. The number of rotatable bonds is 10. The fourth-order valence-electron chi connectivity index (χ4n) is 4.09. The number of ether oxygens (including phenoxy) is 2. The van der Waals surface area contributed by atoms with Crippen LogP contribution in [0, 0.1) is 11.8 Å². The van der Waals surface area contributed by atoms with Crippen LogP contribution in [0.2, 0.25) is 0 Å². The molecular weight excluding hydrogens is 588 g/mol. The Labute approximate surface area is 231 Å². The van der Waals surface area contributed by atoms with Gasteiger partial charge in [-0.3, -0.25) is 9.59 Å². The lowest BCUT2D eigenvalue weighted by atomic mass is 9.89. The minimum Gasteiger partial charge on any atom is -0.492 e. The molecule has 2 N–H and O–H groups in total. The molecule has 8 heteroatoms. The maximum absolute atomic E-state index is 13.3. The van der Waals surface area contributed by atoms with Crippen LogP contribution in [-0.4, -0.2) is 37.1 Å². The molecular formula is C28H36Br2N2O4. The summed E-state index contributed by atoms with van der Waals surface area (Å²) in [6.45, 7) is 9.32. The average molecular weight is 624 g/mol. The van der Waals surface area contributed by atoms with Crippen molar-refractivity contribution >= 4 is 43.7 Å². The van der Waals surface area contributed by atoms with Crippen LogP contribution >= 0.6 is 31.9 Å². The Morgan fingerprint density at radius 2 is 1.17 bits per heavy atom. The van der Waals surface area contributed by atoms with Crippen molar-refractivity contribution in [1.82, 2.24) is 10.6 Å². The molecule has 0 aromatic heterocycles. The molecule has 2 amide bonds. The second-order valence-corrected chi connectivity index (χ2v) is 12.0. The van der Waals surface area contributed by atoms with E-state index in [-0.39, 0.29) is 23.9 Å². The molecule has 0 aliphatic heterocycles. The zero-order valence-corrected chi connectivity index (χ0v) is 24.6. The molecule has 1 aliphatic rings. The highest BCUT2D eigenvalue weighted by atomic mass is 79.9. The summed E-state index contributed by atoms with van der Waals surface area (Å²) >= 11 is 6.93. The van der Waals surface area contributed by atoms with Crippen LogP contribution in [0.5, 0.6) is 11.5 Å². The van der Waals surface area contributed by atoms with Crippen molar-refractivity contribution in [3.63, 3.8) is 0 Å². The number of benzene rings is 2. The van der Waals surface area contributed by atoms with Gasteiger partial charge in [0.1, 0.15) is 11.5 Å². The Hall–Kier alpha value is -2.06. The Morgan fingerprint density at radius 1 is 0.778 bits per heavy atom. The summed E-state index contributed by atoms with van der Waals surface area (Å²) in [4.78, 5) is 26.7. The summed E-state index contributed by atoms with van der Waals surface area (Å²) in [6, 6.07) is 10.6. The number of carbonyl (C=O) groups is 2. The first kappa shape index (κ1) is 28.5. The van der Waals surface area contributed by atoms with E-state index in [4.69, 9.17) is 9.47 Å². The molecule has 0 heterocycles. The van der Waals surface area contributed by atoms with Gasteiger partial charge in [-0.25, -0.2) is 0 Å². The molecule has 196 valence electrons. The molecule has 1 fully saturated rings. The van der Waals surface area contributed by atoms with Crippen molar-refractivity contribution in [3.8, 4) is 11.5 Å². The smallest absolute Gasteiger partial charge is 0.255 e. The molecule has 0 bridgehead atoms. The lowest BCUT2D eigenvalue weighted by molar-refractivity contribution is 0.0857. The molecule has 2 unspecified atom stereocenters. The van der Waals surface area contributed by atoms with E-state index < -0.39 is 0 Å². The largest absolute Gasteiger partial charge is 0.492 e. The van der Waals surface area contributed by atoms with E-state index in [2.05, 4.69) is 70.2 Å². The van der Waals surface area contributed by atoms with E-state index in [0.29, 0.717) is 47.7 Å². The molecule has 0 radical (unpaired) electrons. The number of carbonyl (C=O) groups excluding carboxylic acids is 2. The van der Waals surface area contributed by atoms with Crippen molar-refractivity contribution in [2.24, 2.45) is 11.8 Å². The standard InChI is InChI=1S/C28H36Br2N2O4/c1-17(2)15-35-25-11-9-19(29)13-21(25)27(33)31-23-7-5-6-8-24(23)32-28(34)22-14-20(30)10-12-26(22)36-16-18(3)4/h9-14,17-18,23-24H,5-8,15-16H2,1-4H3,(H,31,33)(H,32,34). The van der Waals surface area contributed by atoms with Crippen molar-refractivity contribution in [3.05, 3.63) is 56.5 Å². The topological polar surface area (TPSA) is 76.7 Å². The molecule has 1 saturated carbocycles. The van der Waals surface area contributed by atoms with Crippen molar-refractivity contribution in [1.29, 1.82) is 0 Å². The lowest BCUT2D eigenvalue weighted by Gasteiger charge is -2.33. The number of hydrogen-bond acceptors (Lipinski definition) is 4. The quantitative estimate of drug-likeness (QED) is 0.307. The Morgan fingerprint density at radius 3 is 1.53 bits per heavy atom. The molecule has 2 aromatic rings. The molecule has 36 heavy (non-hydrogen) atoms. The van der Waals surface area contributed by atoms with E-state index in [9.17, 15) is 9.59 Å². The molecule has 2 atom stereocenters. The molecule has 1 aliphatic carbocycles. The fourth-order valence-corrected chi connectivity index (χ4v) is 4.81. The summed E-state index contributed by atoms with van der Waals surface area (Å²) in [5.74, 6) is 1.39. The highest BCUT2D eigenvalue weighted by molar-refractivity contribution is 9.10. The Bertz CT molecular complexity index is 974. The van der Waals surface area contributed by atoms with Crippen LogP contribution in [0.1, 0.15) is 74.1 Å². The Balaban J connectivity index is 1.75. The van der Waals surface area contributed by atoms with Gasteiger partial charge < -0.3 is 20.1 Å².